The molecule has 0 saturated carbocycles. The second-order valence-corrected chi connectivity index (χ2v) is 8.32. The highest BCUT2D eigenvalue weighted by Gasteiger charge is 2.20. The molecule has 0 radical (unpaired) electrons. The van der Waals surface area contributed by atoms with Gasteiger partial charge in [0.15, 0.2) is 0 Å². The zero-order chi connectivity index (χ0) is 20.3. The number of nitrogens with one attached hydrogen (secondary N) is 1. The summed E-state index contributed by atoms with van der Waals surface area (Å²) in [5.74, 6) is 0.00395. The Kier molecular flexibility index (Phi) is 5.60. The maximum atomic E-state index is 12.5. The maximum absolute atomic E-state index is 12.5. The van der Waals surface area contributed by atoms with E-state index in [2.05, 4.69) is 14.9 Å². The molecular weight excluding hydrogens is 378 g/mol. The average Bonchev–Trinajstić information content (AvgIpc) is 3.11. The minimum absolute atomic E-state index is 0.0837. The van der Waals surface area contributed by atoms with Gasteiger partial charge in [-0.25, -0.2) is 13.1 Å². The second-order valence-electron chi connectivity index (χ2n) is 6.66. The number of hydrogen-bond donors (Lipinski definition) is 1. The molecule has 0 saturated heterocycles. The first-order valence-electron chi connectivity index (χ1n) is 8.77. The number of benzene rings is 2. The van der Waals surface area contributed by atoms with Gasteiger partial charge in [0.05, 0.1) is 4.90 Å². The summed E-state index contributed by atoms with van der Waals surface area (Å²) in [6.45, 7) is 5.46. The van der Waals surface area contributed by atoms with Crippen LogP contribution in [-0.4, -0.2) is 24.5 Å². The summed E-state index contributed by atoms with van der Waals surface area (Å²) in [4.78, 5) is 12.2. The molecule has 3 aromatic rings. The van der Waals surface area contributed by atoms with E-state index < -0.39 is 15.9 Å². The van der Waals surface area contributed by atoms with Crippen LogP contribution in [0.25, 0.3) is 11.5 Å². The molecule has 7 nitrogen and oxygen atoms in total. The van der Waals surface area contributed by atoms with Gasteiger partial charge >= 0.3 is 0 Å². The molecule has 2 aromatic carbocycles. The summed E-state index contributed by atoms with van der Waals surface area (Å²) in [5, 5.41) is 7.89. The molecule has 0 atom stereocenters. The Balaban J connectivity index is 1.63. The van der Waals surface area contributed by atoms with Crippen molar-refractivity contribution in [1.82, 2.24) is 14.9 Å². The summed E-state index contributed by atoms with van der Waals surface area (Å²) in [7, 11) is -3.93. The molecule has 1 aromatic heterocycles. The van der Waals surface area contributed by atoms with Gasteiger partial charge in [-0.15, -0.1) is 10.2 Å². The van der Waals surface area contributed by atoms with Crippen LogP contribution in [0.5, 0.6) is 0 Å². The predicted octanol–water partition coefficient (Wildman–Crippen LogP) is 3.10. The van der Waals surface area contributed by atoms with Crippen molar-refractivity contribution < 1.29 is 17.6 Å². The van der Waals surface area contributed by atoms with Crippen molar-refractivity contribution in [3.8, 4) is 11.5 Å². The van der Waals surface area contributed by atoms with E-state index >= 15 is 0 Å². The minimum Gasteiger partial charge on any atom is -0.421 e. The van der Waals surface area contributed by atoms with Crippen molar-refractivity contribution in [2.24, 2.45) is 0 Å². The summed E-state index contributed by atoms with van der Waals surface area (Å²) in [6.07, 6.45) is 0.0621. The molecular formula is C20H21N3O4S. The SMILES string of the molecule is Cc1ccc(-c2nnc(CCC(=O)NS(=O)(=O)c3cc(C)ccc3C)o2)cc1. The van der Waals surface area contributed by atoms with Gasteiger partial charge < -0.3 is 4.42 Å². The monoisotopic (exact) mass is 399 g/mol. The fourth-order valence-electron chi connectivity index (χ4n) is 2.64. The molecule has 3 rings (SSSR count). The van der Waals surface area contributed by atoms with Crippen LogP contribution in [-0.2, 0) is 21.2 Å². The van der Waals surface area contributed by atoms with E-state index in [-0.39, 0.29) is 23.6 Å². The number of carbonyl (C=O) groups is 1. The molecule has 1 heterocycles. The van der Waals surface area contributed by atoms with E-state index in [1.54, 1.807) is 19.9 Å². The molecule has 0 fully saturated rings. The Morgan fingerprint density at radius 3 is 2.39 bits per heavy atom. The van der Waals surface area contributed by atoms with E-state index in [4.69, 9.17) is 4.42 Å². The maximum Gasteiger partial charge on any atom is 0.264 e. The molecule has 0 spiro atoms. The number of nitrogens with zero attached hydrogens (tertiary/aromatic N) is 2. The predicted molar refractivity (Wildman–Crippen MR) is 104 cm³/mol. The lowest BCUT2D eigenvalue weighted by Gasteiger charge is -2.09. The number of amides is 1. The molecule has 8 heteroatoms. The van der Waals surface area contributed by atoms with Crippen molar-refractivity contribution in [3.05, 3.63) is 65.0 Å². The number of rotatable bonds is 6. The Hall–Kier alpha value is -3.00. The first-order chi connectivity index (χ1) is 13.2. The molecule has 0 unspecified atom stereocenters. The number of hydrogen-bond acceptors (Lipinski definition) is 6. The van der Waals surface area contributed by atoms with Crippen molar-refractivity contribution in [2.45, 2.75) is 38.5 Å². The van der Waals surface area contributed by atoms with Gasteiger partial charge in [0.2, 0.25) is 17.7 Å². The second kappa shape index (κ2) is 7.93. The molecule has 28 heavy (non-hydrogen) atoms. The number of aromatic nitrogens is 2. The Morgan fingerprint density at radius 2 is 1.68 bits per heavy atom. The van der Waals surface area contributed by atoms with Crippen LogP contribution < -0.4 is 4.72 Å². The summed E-state index contributed by atoms with van der Waals surface area (Å²) >= 11 is 0. The number of carbonyl (C=O) groups excluding carboxylic acids is 1. The highest BCUT2D eigenvalue weighted by atomic mass is 32.2. The van der Waals surface area contributed by atoms with Crippen molar-refractivity contribution in [2.75, 3.05) is 0 Å². The Morgan fingerprint density at radius 1 is 1.00 bits per heavy atom. The summed E-state index contributed by atoms with van der Waals surface area (Å²) < 4.78 is 32.6. The van der Waals surface area contributed by atoms with Gasteiger partial charge in [-0.05, 0) is 50.1 Å². The lowest BCUT2D eigenvalue weighted by Crippen LogP contribution is -2.31. The molecule has 1 amide bonds. The molecule has 0 bridgehead atoms. The first kappa shape index (κ1) is 19.8. The van der Waals surface area contributed by atoms with Crippen LogP contribution in [0.4, 0.5) is 0 Å². The zero-order valence-corrected chi connectivity index (χ0v) is 16.7. The molecule has 146 valence electrons. The highest BCUT2D eigenvalue weighted by Crippen LogP contribution is 2.19. The minimum atomic E-state index is -3.93. The molecule has 0 aliphatic carbocycles. The van der Waals surface area contributed by atoms with Gasteiger partial charge in [0.1, 0.15) is 0 Å². The van der Waals surface area contributed by atoms with Gasteiger partial charge in [0, 0.05) is 18.4 Å². The largest absolute Gasteiger partial charge is 0.421 e. The van der Waals surface area contributed by atoms with E-state index in [0.717, 1.165) is 16.7 Å². The van der Waals surface area contributed by atoms with Gasteiger partial charge in [-0.2, -0.15) is 0 Å². The van der Waals surface area contributed by atoms with Crippen LogP contribution in [0.1, 0.15) is 29.0 Å². The number of aryl methyl sites for hydroxylation is 4. The standard InChI is InChI=1S/C20H21N3O4S/c1-13-5-8-16(9-6-13)20-22-21-19(27-20)11-10-18(24)23-28(25,26)17-12-14(2)4-7-15(17)3/h4-9,12H,10-11H2,1-3H3,(H,23,24). The molecule has 1 N–H and O–H groups in total. The fraction of sp³-hybridized carbons (Fsp3) is 0.250. The van der Waals surface area contributed by atoms with E-state index in [1.807, 2.05) is 37.3 Å². The zero-order valence-electron chi connectivity index (χ0n) is 15.9. The normalized spacial score (nSPS) is 11.4. The average molecular weight is 399 g/mol. The molecule has 0 aliphatic rings. The first-order valence-corrected chi connectivity index (χ1v) is 10.3. The van der Waals surface area contributed by atoms with Crippen molar-refractivity contribution in [3.63, 3.8) is 0 Å². The topological polar surface area (TPSA) is 102 Å². The van der Waals surface area contributed by atoms with Gasteiger partial charge in [-0.3, -0.25) is 4.79 Å². The third-order valence-electron chi connectivity index (χ3n) is 4.21. The highest BCUT2D eigenvalue weighted by molar-refractivity contribution is 7.90. The van der Waals surface area contributed by atoms with Crippen LogP contribution in [0, 0.1) is 20.8 Å². The van der Waals surface area contributed by atoms with Crippen LogP contribution in [0.2, 0.25) is 0 Å². The van der Waals surface area contributed by atoms with E-state index in [0.29, 0.717) is 11.5 Å². The quantitative estimate of drug-likeness (QED) is 0.683. The molecule has 0 aliphatic heterocycles. The van der Waals surface area contributed by atoms with Crippen LogP contribution in [0.15, 0.2) is 51.8 Å². The van der Waals surface area contributed by atoms with Crippen LogP contribution in [0.3, 0.4) is 0 Å². The summed E-state index contributed by atoms with van der Waals surface area (Å²) in [5.41, 5.74) is 3.27. The van der Waals surface area contributed by atoms with E-state index in [9.17, 15) is 13.2 Å². The Bertz CT molecular complexity index is 1100. The summed E-state index contributed by atoms with van der Waals surface area (Å²) in [6, 6.07) is 12.7. The fourth-order valence-corrected chi connectivity index (χ4v) is 3.99. The van der Waals surface area contributed by atoms with Crippen LogP contribution >= 0.6 is 0 Å². The van der Waals surface area contributed by atoms with E-state index in [1.165, 1.54) is 6.07 Å². The lowest BCUT2D eigenvalue weighted by atomic mass is 10.1. The van der Waals surface area contributed by atoms with Crippen molar-refractivity contribution in [1.29, 1.82) is 0 Å². The third-order valence-corrected chi connectivity index (χ3v) is 5.73. The third kappa shape index (κ3) is 4.64. The lowest BCUT2D eigenvalue weighted by molar-refractivity contribution is -0.119. The van der Waals surface area contributed by atoms with Gasteiger partial charge in [0.25, 0.3) is 10.0 Å². The Labute approximate surface area is 163 Å². The smallest absolute Gasteiger partial charge is 0.264 e. The van der Waals surface area contributed by atoms with Crippen molar-refractivity contribution >= 4 is 15.9 Å². The van der Waals surface area contributed by atoms with Gasteiger partial charge in [-0.1, -0.05) is 29.8 Å². The number of sulfonamides is 1.